The summed E-state index contributed by atoms with van der Waals surface area (Å²) in [5, 5.41) is 3.27. The van der Waals surface area contributed by atoms with Crippen molar-refractivity contribution in [1.29, 1.82) is 0 Å². The van der Waals surface area contributed by atoms with Crippen LogP contribution < -0.4 is 11.1 Å². The normalized spacial score (nSPS) is 10.1. The Morgan fingerprint density at radius 1 is 1.22 bits per heavy atom. The van der Waals surface area contributed by atoms with Crippen LogP contribution in [0.1, 0.15) is 10.4 Å². The Bertz CT molecular complexity index is 602. The third-order valence-corrected chi connectivity index (χ3v) is 2.74. The lowest BCUT2D eigenvalue weighted by atomic mass is 10.2. The van der Waals surface area contributed by atoms with Crippen molar-refractivity contribution in [1.82, 2.24) is 4.98 Å². The average molecular weight is 282 g/mol. The number of benzene rings is 1. The van der Waals surface area contributed by atoms with E-state index in [0.29, 0.717) is 27.1 Å². The number of hydrogen-bond donors (Lipinski definition) is 2. The van der Waals surface area contributed by atoms with Crippen LogP contribution in [-0.2, 0) is 0 Å². The molecule has 0 atom stereocenters. The van der Waals surface area contributed by atoms with Crippen LogP contribution in [-0.4, -0.2) is 10.9 Å². The second-order valence-electron chi connectivity index (χ2n) is 3.56. The summed E-state index contributed by atoms with van der Waals surface area (Å²) in [6.45, 7) is 0. The van der Waals surface area contributed by atoms with Crippen LogP contribution >= 0.6 is 23.2 Å². The minimum absolute atomic E-state index is 0.299. The Labute approximate surface area is 114 Å². The maximum absolute atomic E-state index is 12.0. The number of pyridine rings is 1. The zero-order valence-electron chi connectivity index (χ0n) is 9.15. The monoisotopic (exact) mass is 281 g/mol. The smallest absolute Gasteiger partial charge is 0.257 e. The van der Waals surface area contributed by atoms with Crippen molar-refractivity contribution in [2.75, 3.05) is 11.1 Å². The predicted octanol–water partition coefficient (Wildman–Crippen LogP) is 3.22. The molecule has 0 unspecified atom stereocenters. The minimum atomic E-state index is -0.331. The summed E-state index contributed by atoms with van der Waals surface area (Å²) >= 11 is 11.7. The van der Waals surface area contributed by atoms with Crippen LogP contribution in [0.5, 0.6) is 0 Å². The Kier molecular flexibility index (Phi) is 3.69. The number of amides is 1. The molecule has 0 bridgehead atoms. The van der Waals surface area contributed by atoms with Crippen molar-refractivity contribution in [3.05, 3.63) is 52.3 Å². The highest BCUT2D eigenvalue weighted by Crippen LogP contribution is 2.21. The summed E-state index contributed by atoms with van der Waals surface area (Å²) < 4.78 is 0. The number of nitrogens with zero attached hydrogens (tertiary/aromatic N) is 1. The Hall–Kier alpha value is -1.78. The minimum Gasteiger partial charge on any atom is -0.399 e. The molecule has 92 valence electrons. The van der Waals surface area contributed by atoms with Crippen molar-refractivity contribution >= 4 is 40.5 Å². The van der Waals surface area contributed by atoms with Gasteiger partial charge in [0.1, 0.15) is 5.15 Å². The number of rotatable bonds is 2. The lowest BCUT2D eigenvalue weighted by molar-refractivity contribution is 0.102. The van der Waals surface area contributed by atoms with E-state index in [4.69, 9.17) is 28.9 Å². The first kappa shape index (κ1) is 12.7. The summed E-state index contributed by atoms with van der Waals surface area (Å²) in [5.74, 6) is -0.331. The van der Waals surface area contributed by atoms with Crippen LogP contribution in [0.25, 0.3) is 0 Å². The first-order chi connectivity index (χ1) is 8.56. The molecule has 0 saturated heterocycles. The number of anilines is 2. The number of nitrogens with two attached hydrogens (primary N) is 1. The van der Waals surface area contributed by atoms with Gasteiger partial charge in [0.25, 0.3) is 5.91 Å². The van der Waals surface area contributed by atoms with Gasteiger partial charge in [0.05, 0.1) is 10.6 Å². The maximum Gasteiger partial charge on any atom is 0.257 e. The topological polar surface area (TPSA) is 68.0 Å². The van der Waals surface area contributed by atoms with Gasteiger partial charge in [0.2, 0.25) is 0 Å². The third-order valence-electron chi connectivity index (χ3n) is 2.22. The number of carbonyl (C=O) groups excluding carboxylic acids is 1. The van der Waals surface area contributed by atoms with E-state index in [9.17, 15) is 4.79 Å². The maximum atomic E-state index is 12.0. The van der Waals surface area contributed by atoms with E-state index in [1.807, 2.05) is 0 Å². The number of carbonyl (C=O) groups is 1. The fourth-order valence-electron chi connectivity index (χ4n) is 1.39. The molecule has 0 saturated carbocycles. The summed E-state index contributed by atoms with van der Waals surface area (Å²) in [7, 11) is 0. The van der Waals surface area contributed by atoms with Gasteiger partial charge in [-0.1, -0.05) is 23.2 Å². The Balaban J connectivity index is 2.22. The van der Waals surface area contributed by atoms with E-state index >= 15 is 0 Å². The SMILES string of the molecule is Nc1ccc(C(=O)Nc2ccnc(Cl)c2)c(Cl)c1. The predicted molar refractivity (Wildman–Crippen MR) is 73.1 cm³/mol. The fraction of sp³-hybridized carbons (Fsp3) is 0. The average Bonchev–Trinajstić information content (AvgIpc) is 2.28. The van der Waals surface area contributed by atoms with Crippen LogP contribution in [0.4, 0.5) is 11.4 Å². The van der Waals surface area contributed by atoms with Crippen molar-refractivity contribution in [3.8, 4) is 0 Å². The van der Waals surface area contributed by atoms with Crippen LogP contribution in [0, 0.1) is 0 Å². The molecule has 4 nitrogen and oxygen atoms in total. The third kappa shape index (κ3) is 2.91. The standard InChI is InChI=1S/C12H9Cl2N3O/c13-10-5-7(15)1-2-9(10)12(18)17-8-3-4-16-11(14)6-8/h1-6H,15H2,(H,16,17,18). The fourth-order valence-corrected chi connectivity index (χ4v) is 1.84. The second kappa shape index (κ2) is 5.25. The van der Waals surface area contributed by atoms with E-state index in [1.54, 1.807) is 24.3 Å². The van der Waals surface area contributed by atoms with Gasteiger partial charge < -0.3 is 11.1 Å². The van der Waals surface area contributed by atoms with E-state index in [1.165, 1.54) is 12.3 Å². The molecular formula is C12H9Cl2N3O. The zero-order valence-corrected chi connectivity index (χ0v) is 10.7. The summed E-state index contributed by atoms with van der Waals surface area (Å²) in [6.07, 6.45) is 1.50. The lowest BCUT2D eigenvalue weighted by Crippen LogP contribution is -2.12. The highest BCUT2D eigenvalue weighted by Gasteiger charge is 2.10. The Morgan fingerprint density at radius 2 is 2.00 bits per heavy atom. The molecule has 0 spiro atoms. The van der Waals surface area contributed by atoms with Crippen LogP contribution in [0.3, 0.4) is 0 Å². The highest BCUT2D eigenvalue weighted by atomic mass is 35.5. The number of hydrogen-bond acceptors (Lipinski definition) is 3. The first-order valence-corrected chi connectivity index (χ1v) is 5.80. The van der Waals surface area contributed by atoms with Gasteiger partial charge in [0, 0.05) is 17.6 Å². The highest BCUT2D eigenvalue weighted by molar-refractivity contribution is 6.34. The number of nitrogen functional groups attached to an aromatic ring is 1. The Morgan fingerprint density at radius 3 is 2.67 bits per heavy atom. The molecule has 0 radical (unpaired) electrons. The van der Waals surface area contributed by atoms with E-state index in [2.05, 4.69) is 10.3 Å². The number of aromatic nitrogens is 1. The summed E-state index contributed by atoms with van der Waals surface area (Å²) in [6, 6.07) is 7.88. The molecule has 3 N–H and O–H groups in total. The van der Waals surface area contributed by atoms with Crippen LogP contribution in [0.15, 0.2) is 36.5 Å². The quantitative estimate of drug-likeness (QED) is 0.656. The van der Waals surface area contributed by atoms with Gasteiger partial charge in [-0.2, -0.15) is 0 Å². The van der Waals surface area contributed by atoms with Gasteiger partial charge in [-0.25, -0.2) is 4.98 Å². The molecule has 1 heterocycles. The van der Waals surface area contributed by atoms with Gasteiger partial charge >= 0.3 is 0 Å². The van der Waals surface area contributed by atoms with Gasteiger partial charge in [-0.3, -0.25) is 4.79 Å². The van der Waals surface area contributed by atoms with Gasteiger partial charge in [-0.05, 0) is 30.3 Å². The molecule has 0 fully saturated rings. The van der Waals surface area contributed by atoms with Crippen molar-refractivity contribution in [2.24, 2.45) is 0 Å². The van der Waals surface area contributed by atoms with Crippen molar-refractivity contribution < 1.29 is 4.79 Å². The zero-order chi connectivity index (χ0) is 13.1. The molecule has 18 heavy (non-hydrogen) atoms. The molecule has 0 aliphatic rings. The molecule has 1 aromatic carbocycles. The van der Waals surface area contributed by atoms with E-state index in [-0.39, 0.29) is 5.91 Å². The summed E-state index contributed by atoms with van der Waals surface area (Å²) in [5.41, 5.74) is 6.96. The number of halogens is 2. The first-order valence-electron chi connectivity index (χ1n) is 5.04. The van der Waals surface area contributed by atoms with Crippen LogP contribution in [0.2, 0.25) is 10.2 Å². The van der Waals surface area contributed by atoms with Gasteiger partial charge in [-0.15, -0.1) is 0 Å². The molecule has 0 aliphatic heterocycles. The second-order valence-corrected chi connectivity index (χ2v) is 4.36. The molecule has 2 aromatic rings. The largest absolute Gasteiger partial charge is 0.399 e. The van der Waals surface area contributed by atoms with E-state index < -0.39 is 0 Å². The van der Waals surface area contributed by atoms with Crippen molar-refractivity contribution in [3.63, 3.8) is 0 Å². The van der Waals surface area contributed by atoms with Gasteiger partial charge in [0.15, 0.2) is 0 Å². The molecule has 6 heteroatoms. The summed E-state index contributed by atoms with van der Waals surface area (Å²) in [4.78, 5) is 15.8. The van der Waals surface area contributed by atoms with E-state index in [0.717, 1.165) is 0 Å². The number of nitrogens with one attached hydrogen (secondary N) is 1. The molecule has 1 amide bonds. The molecule has 0 aliphatic carbocycles. The molecule has 2 rings (SSSR count). The molecular weight excluding hydrogens is 273 g/mol. The molecule has 1 aromatic heterocycles. The van der Waals surface area contributed by atoms with Crippen molar-refractivity contribution in [2.45, 2.75) is 0 Å². The lowest BCUT2D eigenvalue weighted by Gasteiger charge is -2.07.